The Balaban J connectivity index is 1.49. The van der Waals surface area contributed by atoms with Crippen LogP contribution in [0.25, 0.3) is 0 Å². The number of aliphatic hydroxyl groups is 1. The van der Waals surface area contributed by atoms with Gasteiger partial charge in [0.15, 0.2) is 0 Å². The van der Waals surface area contributed by atoms with E-state index in [1.54, 1.807) is 4.90 Å². The average molecular weight is 368 g/mol. The molecular formula is C21H24N2O4. The molecule has 2 bridgehead atoms. The van der Waals surface area contributed by atoms with E-state index in [1.807, 2.05) is 55.5 Å². The van der Waals surface area contributed by atoms with E-state index in [4.69, 9.17) is 9.47 Å². The second-order valence-corrected chi connectivity index (χ2v) is 7.40. The molecule has 3 heterocycles. The zero-order valence-electron chi connectivity index (χ0n) is 15.4. The van der Waals surface area contributed by atoms with Crippen molar-refractivity contribution in [3.63, 3.8) is 0 Å². The van der Waals surface area contributed by atoms with Crippen LogP contribution in [0.1, 0.15) is 29.8 Å². The zero-order chi connectivity index (χ0) is 18.9. The number of aromatic nitrogens is 1. The summed E-state index contributed by atoms with van der Waals surface area (Å²) in [6, 6.07) is 14.8. The lowest BCUT2D eigenvalue weighted by Crippen LogP contribution is -2.62. The summed E-state index contributed by atoms with van der Waals surface area (Å²) in [7, 11) is 0. The molecule has 1 aromatic carbocycles. The van der Waals surface area contributed by atoms with Crippen molar-refractivity contribution in [2.24, 2.45) is 0 Å². The van der Waals surface area contributed by atoms with Crippen LogP contribution < -0.4 is 0 Å². The Kier molecular flexibility index (Phi) is 4.85. The number of pyridine rings is 1. The van der Waals surface area contributed by atoms with Gasteiger partial charge in [-0.15, -0.1) is 0 Å². The first-order valence-electron chi connectivity index (χ1n) is 9.28. The SMILES string of the molecule is Cc1cccc(C2(O)CC3COCC(C2)N3C(=O)OCc2ccccc2)n1. The predicted molar refractivity (Wildman–Crippen MR) is 99.0 cm³/mol. The highest BCUT2D eigenvalue weighted by Crippen LogP contribution is 2.40. The average Bonchev–Trinajstić information content (AvgIpc) is 2.66. The second kappa shape index (κ2) is 7.29. The van der Waals surface area contributed by atoms with Crippen molar-refractivity contribution in [1.29, 1.82) is 0 Å². The molecule has 2 unspecified atom stereocenters. The molecule has 2 aromatic rings. The van der Waals surface area contributed by atoms with Gasteiger partial charge in [0.2, 0.25) is 0 Å². The smallest absolute Gasteiger partial charge is 0.410 e. The summed E-state index contributed by atoms with van der Waals surface area (Å²) in [5.41, 5.74) is 1.43. The van der Waals surface area contributed by atoms with Gasteiger partial charge in [-0.25, -0.2) is 4.79 Å². The van der Waals surface area contributed by atoms with Crippen LogP contribution in [0.15, 0.2) is 48.5 Å². The maximum Gasteiger partial charge on any atom is 0.410 e. The van der Waals surface area contributed by atoms with E-state index in [-0.39, 0.29) is 24.8 Å². The fraction of sp³-hybridized carbons (Fsp3) is 0.429. The van der Waals surface area contributed by atoms with Crippen molar-refractivity contribution in [2.45, 2.75) is 44.1 Å². The van der Waals surface area contributed by atoms with Gasteiger partial charge in [-0.3, -0.25) is 9.88 Å². The highest BCUT2D eigenvalue weighted by atomic mass is 16.6. The first kappa shape index (κ1) is 17.9. The Labute approximate surface area is 158 Å². The molecule has 0 aliphatic carbocycles. The highest BCUT2D eigenvalue weighted by Gasteiger charge is 2.50. The maximum atomic E-state index is 12.7. The van der Waals surface area contributed by atoms with Crippen LogP contribution in [-0.4, -0.2) is 46.4 Å². The van der Waals surface area contributed by atoms with Gasteiger partial charge >= 0.3 is 6.09 Å². The standard InChI is InChI=1S/C21H24N2O4/c1-15-6-5-9-19(22-15)21(25)10-17-13-26-14-18(11-21)23(17)20(24)27-12-16-7-3-2-4-8-16/h2-9,17-18,25H,10-14H2,1H3. The van der Waals surface area contributed by atoms with Crippen LogP contribution in [-0.2, 0) is 21.7 Å². The van der Waals surface area contributed by atoms with Crippen molar-refractivity contribution in [3.8, 4) is 0 Å². The second-order valence-electron chi connectivity index (χ2n) is 7.40. The minimum atomic E-state index is -1.05. The van der Waals surface area contributed by atoms with Crippen LogP contribution in [0.5, 0.6) is 0 Å². The summed E-state index contributed by atoms with van der Waals surface area (Å²) in [5.74, 6) is 0. The largest absolute Gasteiger partial charge is 0.445 e. The number of benzene rings is 1. The molecule has 4 rings (SSSR count). The molecular weight excluding hydrogens is 344 g/mol. The Bertz CT molecular complexity index is 797. The van der Waals surface area contributed by atoms with Gasteiger partial charge < -0.3 is 14.6 Å². The topological polar surface area (TPSA) is 71.9 Å². The molecule has 2 atom stereocenters. The fourth-order valence-corrected chi connectivity index (χ4v) is 4.08. The number of carbonyl (C=O) groups is 1. The van der Waals surface area contributed by atoms with Gasteiger partial charge in [0.05, 0.1) is 31.0 Å². The van der Waals surface area contributed by atoms with Gasteiger partial charge in [0.1, 0.15) is 12.2 Å². The fourth-order valence-electron chi connectivity index (χ4n) is 4.08. The molecule has 0 radical (unpaired) electrons. The lowest BCUT2D eigenvalue weighted by molar-refractivity contribution is -0.138. The van der Waals surface area contributed by atoms with E-state index >= 15 is 0 Å². The molecule has 2 saturated heterocycles. The highest BCUT2D eigenvalue weighted by molar-refractivity contribution is 5.69. The van der Waals surface area contributed by atoms with Gasteiger partial charge in [-0.1, -0.05) is 36.4 Å². The van der Waals surface area contributed by atoms with Gasteiger partial charge in [-0.05, 0) is 24.6 Å². The predicted octanol–water partition coefficient (Wildman–Crippen LogP) is 2.78. The lowest BCUT2D eigenvalue weighted by Gasteiger charge is -2.50. The third-order valence-corrected chi connectivity index (χ3v) is 5.33. The number of amides is 1. The number of rotatable bonds is 3. The summed E-state index contributed by atoms with van der Waals surface area (Å²) >= 11 is 0. The van der Waals surface area contributed by atoms with Crippen LogP contribution in [0.3, 0.4) is 0 Å². The number of hydrogen-bond acceptors (Lipinski definition) is 5. The Hall–Kier alpha value is -2.44. The van der Waals surface area contributed by atoms with E-state index in [9.17, 15) is 9.90 Å². The molecule has 6 heteroatoms. The first-order chi connectivity index (χ1) is 13.0. The van der Waals surface area contributed by atoms with E-state index in [1.165, 1.54) is 0 Å². The normalized spacial score (nSPS) is 27.3. The molecule has 6 nitrogen and oxygen atoms in total. The number of carbonyl (C=O) groups excluding carboxylic acids is 1. The molecule has 142 valence electrons. The Morgan fingerprint density at radius 3 is 2.56 bits per heavy atom. The minimum absolute atomic E-state index is 0.229. The van der Waals surface area contributed by atoms with Crippen molar-refractivity contribution in [2.75, 3.05) is 13.2 Å². The summed E-state index contributed by atoms with van der Waals surface area (Å²) in [6.45, 7) is 2.93. The number of aryl methyl sites for hydroxylation is 1. The maximum absolute atomic E-state index is 12.7. The summed E-state index contributed by atoms with van der Waals surface area (Å²) in [4.78, 5) is 19.0. The van der Waals surface area contributed by atoms with Crippen LogP contribution in [0.4, 0.5) is 4.79 Å². The molecule has 0 spiro atoms. The van der Waals surface area contributed by atoms with Gasteiger partial charge in [-0.2, -0.15) is 0 Å². The number of fused-ring (bicyclic) bond motifs is 2. The summed E-state index contributed by atoms with van der Waals surface area (Å²) in [5, 5.41) is 11.3. The molecule has 2 aliphatic heterocycles. The third-order valence-electron chi connectivity index (χ3n) is 5.33. The van der Waals surface area contributed by atoms with Crippen molar-refractivity contribution < 1.29 is 19.4 Å². The van der Waals surface area contributed by atoms with E-state index in [0.717, 1.165) is 11.3 Å². The molecule has 1 aromatic heterocycles. The van der Waals surface area contributed by atoms with E-state index < -0.39 is 5.60 Å². The molecule has 1 amide bonds. The molecule has 27 heavy (non-hydrogen) atoms. The van der Waals surface area contributed by atoms with Crippen LogP contribution in [0.2, 0.25) is 0 Å². The van der Waals surface area contributed by atoms with Crippen LogP contribution >= 0.6 is 0 Å². The van der Waals surface area contributed by atoms with Crippen molar-refractivity contribution in [1.82, 2.24) is 9.88 Å². The summed E-state index contributed by atoms with van der Waals surface area (Å²) in [6.07, 6.45) is 0.428. The molecule has 0 saturated carbocycles. The number of ether oxygens (including phenoxy) is 2. The molecule has 2 fully saturated rings. The molecule has 2 aliphatic rings. The Morgan fingerprint density at radius 2 is 1.89 bits per heavy atom. The van der Waals surface area contributed by atoms with Gasteiger partial charge in [0.25, 0.3) is 0 Å². The van der Waals surface area contributed by atoms with E-state index in [2.05, 4.69) is 4.98 Å². The van der Waals surface area contributed by atoms with E-state index in [0.29, 0.717) is 31.7 Å². The van der Waals surface area contributed by atoms with Crippen LogP contribution in [0, 0.1) is 6.92 Å². The number of nitrogens with zero attached hydrogens (tertiary/aromatic N) is 2. The van der Waals surface area contributed by atoms with Crippen molar-refractivity contribution >= 4 is 6.09 Å². The molecule has 1 N–H and O–H groups in total. The monoisotopic (exact) mass is 368 g/mol. The minimum Gasteiger partial charge on any atom is -0.445 e. The quantitative estimate of drug-likeness (QED) is 0.902. The first-order valence-corrected chi connectivity index (χ1v) is 9.28. The number of piperidine rings is 1. The lowest BCUT2D eigenvalue weighted by atomic mass is 9.79. The van der Waals surface area contributed by atoms with Crippen molar-refractivity contribution in [3.05, 3.63) is 65.5 Å². The van der Waals surface area contributed by atoms with Gasteiger partial charge in [0, 0.05) is 18.5 Å². The number of hydrogen-bond donors (Lipinski definition) is 1. The number of morpholine rings is 1. The Morgan fingerprint density at radius 1 is 1.19 bits per heavy atom. The summed E-state index contributed by atoms with van der Waals surface area (Å²) < 4.78 is 11.2. The third kappa shape index (κ3) is 3.68. The zero-order valence-corrected chi connectivity index (χ0v) is 15.4.